The summed E-state index contributed by atoms with van der Waals surface area (Å²) in [5, 5.41) is 3.24. The van der Waals surface area contributed by atoms with E-state index in [-0.39, 0.29) is 18.0 Å². The molecule has 1 saturated heterocycles. The molecule has 0 saturated carbocycles. The van der Waals surface area contributed by atoms with E-state index in [9.17, 15) is 4.79 Å². The fraction of sp³-hybridized carbons (Fsp3) is 0.611. The molecule has 1 aromatic carbocycles. The molecule has 2 heterocycles. The summed E-state index contributed by atoms with van der Waals surface area (Å²) in [5.41, 5.74) is 2.70. The van der Waals surface area contributed by atoms with Crippen LogP contribution in [0.5, 0.6) is 0 Å². The van der Waals surface area contributed by atoms with Crippen LogP contribution in [0.3, 0.4) is 0 Å². The predicted molar refractivity (Wildman–Crippen MR) is 85.1 cm³/mol. The number of rotatable bonds is 2. The van der Waals surface area contributed by atoms with Gasteiger partial charge in [0.1, 0.15) is 0 Å². The number of carbonyl (C=O) groups excluding carboxylic acids is 1. The number of fused-ring (bicyclic) bond motifs is 3. The zero-order valence-electron chi connectivity index (χ0n) is 13.3. The first-order chi connectivity index (χ1) is 10.1. The molecular formula is C18H26N2O. The number of likely N-dealkylation sites (N-methyl/N-ethyl adjacent to an activating group) is 1. The highest BCUT2D eigenvalue weighted by molar-refractivity contribution is 5.84. The van der Waals surface area contributed by atoms with Gasteiger partial charge in [-0.15, -0.1) is 0 Å². The van der Waals surface area contributed by atoms with Gasteiger partial charge in [0.25, 0.3) is 0 Å². The Morgan fingerprint density at radius 1 is 1.24 bits per heavy atom. The van der Waals surface area contributed by atoms with Gasteiger partial charge in [-0.1, -0.05) is 38.1 Å². The Morgan fingerprint density at radius 2 is 2.00 bits per heavy atom. The van der Waals surface area contributed by atoms with Crippen LogP contribution in [-0.4, -0.2) is 29.9 Å². The maximum atomic E-state index is 13.1. The average molecular weight is 286 g/mol. The largest absolute Gasteiger partial charge is 0.331 e. The Morgan fingerprint density at radius 3 is 2.71 bits per heavy atom. The Kier molecular flexibility index (Phi) is 4.03. The quantitative estimate of drug-likeness (QED) is 0.906. The number of amides is 1. The molecule has 2 aliphatic rings. The summed E-state index contributed by atoms with van der Waals surface area (Å²) in [6.07, 6.45) is 4.26. The minimum atomic E-state index is -0.0875. The first kappa shape index (κ1) is 14.6. The molecule has 21 heavy (non-hydrogen) atoms. The number of carbonyl (C=O) groups is 1. The smallest absolute Gasteiger partial charge is 0.240 e. The second-order valence-corrected chi connectivity index (χ2v) is 6.75. The SMILES string of the molecule is CNC1Cc2ccccc2C2CCCC(C(C)C)N2C1=O. The molecule has 1 N–H and O–H groups in total. The van der Waals surface area contributed by atoms with Gasteiger partial charge in [-0.3, -0.25) is 4.79 Å². The minimum Gasteiger partial charge on any atom is -0.331 e. The maximum absolute atomic E-state index is 13.1. The molecule has 1 amide bonds. The minimum absolute atomic E-state index is 0.0875. The lowest BCUT2D eigenvalue weighted by Gasteiger charge is -2.44. The van der Waals surface area contributed by atoms with Crippen LogP contribution in [0.25, 0.3) is 0 Å². The van der Waals surface area contributed by atoms with Crippen molar-refractivity contribution in [2.24, 2.45) is 5.92 Å². The van der Waals surface area contributed by atoms with Gasteiger partial charge in [-0.05, 0) is 49.8 Å². The monoisotopic (exact) mass is 286 g/mol. The zero-order chi connectivity index (χ0) is 15.0. The van der Waals surface area contributed by atoms with E-state index in [1.165, 1.54) is 17.5 Å². The molecule has 114 valence electrons. The van der Waals surface area contributed by atoms with Crippen molar-refractivity contribution >= 4 is 5.91 Å². The zero-order valence-corrected chi connectivity index (χ0v) is 13.3. The third-order valence-electron chi connectivity index (χ3n) is 5.18. The Bertz CT molecular complexity index is 526. The summed E-state index contributed by atoms with van der Waals surface area (Å²) in [5.74, 6) is 0.802. The molecule has 0 aliphatic carbocycles. The fourth-order valence-corrected chi connectivity index (χ4v) is 4.06. The molecule has 2 aliphatic heterocycles. The summed E-state index contributed by atoms with van der Waals surface area (Å²) in [6, 6.07) is 9.17. The van der Waals surface area contributed by atoms with Crippen LogP contribution < -0.4 is 5.32 Å². The highest BCUT2D eigenvalue weighted by atomic mass is 16.2. The molecule has 0 bridgehead atoms. The van der Waals surface area contributed by atoms with Crippen LogP contribution in [0.2, 0.25) is 0 Å². The van der Waals surface area contributed by atoms with E-state index >= 15 is 0 Å². The van der Waals surface area contributed by atoms with Crippen LogP contribution in [-0.2, 0) is 11.2 Å². The molecule has 0 radical (unpaired) electrons. The number of nitrogens with zero attached hydrogens (tertiary/aromatic N) is 1. The summed E-state index contributed by atoms with van der Waals surface area (Å²) in [4.78, 5) is 15.3. The van der Waals surface area contributed by atoms with Gasteiger partial charge in [0.15, 0.2) is 0 Å². The first-order valence-electron chi connectivity index (χ1n) is 8.20. The molecule has 3 atom stereocenters. The molecule has 3 rings (SSSR count). The fourth-order valence-electron chi connectivity index (χ4n) is 4.06. The Balaban J connectivity index is 2.08. The molecule has 3 heteroatoms. The van der Waals surface area contributed by atoms with E-state index in [2.05, 4.69) is 48.3 Å². The second kappa shape index (κ2) is 5.80. The number of hydrogen-bond donors (Lipinski definition) is 1. The number of nitrogens with one attached hydrogen (secondary N) is 1. The number of benzene rings is 1. The second-order valence-electron chi connectivity index (χ2n) is 6.75. The molecule has 3 unspecified atom stereocenters. The van der Waals surface area contributed by atoms with Gasteiger partial charge >= 0.3 is 0 Å². The highest BCUT2D eigenvalue weighted by Crippen LogP contribution is 2.40. The summed E-state index contributed by atoms with van der Waals surface area (Å²) in [6.45, 7) is 4.48. The average Bonchev–Trinajstić information content (AvgIpc) is 2.62. The molecule has 0 spiro atoms. The summed E-state index contributed by atoms with van der Waals surface area (Å²) >= 11 is 0. The van der Waals surface area contributed by atoms with Gasteiger partial charge in [0, 0.05) is 6.04 Å². The van der Waals surface area contributed by atoms with Crippen molar-refractivity contribution in [3.8, 4) is 0 Å². The highest BCUT2D eigenvalue weighted by Gasteiger charge is 2.41. The van der Waals surface area contributed by atoms with Crippen molar-refractivity contribution in [3.05, 3.63) is 35.4 Å². The van der Waals surface area contributed by atoms with E-state index in [4.69, 9.17) is 0 Å². The van der Waals surface area contributed by atoms with E-state index in [1.807, 2.05) is 7.05 Å². The lowest BCUT2D eigenvalue weighted by molar-refractivity contribution is -0.141. The molecule has 3 nitrogen and oxygen atoms in total. The van der Waals surface area contributed by atoms with Gasteiger partial charge in [0.05, 0.1) is 12.1 Å². The van der Waals surface area contributed by atoms with Crippen molar-refractivity contribution in [1.29, 1.82) is 0 Å². The van der Waals surface area contributed by atoms with Crippen LogP contribution >= 0.6 is 0 Å². The number of hydrogen-bond acceptors (Lipinski definition) is 2. The van der Waals surface area contributed by atoms with Crippen molar-refractivity contribution in [2.75, 3.05) is 7.05 Å². The standard InChI is InChI=1S/C18H26N2O/c1-12(2)16-9-6-10-17-14-8-5-4-7-13(14)11-15(19-3)18(21)20(16)17/h4-5,7-8,12,15-17,19H,6,9-11H2,1-3H3. The summed E-state index contributed by atoms with van der Waals surface area (Å²) < 4.78 is 0. The van der Waals surface area contributed by atoms with Crippen molar-refractivity contribution in [1.82, 2.24) is 10.2 Å². The third kappa shape index (κ3) is 2.48. The lowest BCUT2D eigenvalue weighted by Crippen LogP contribution is -2.53. The van der Waals surface area contributed by atoms with E-state index in [1.54, 1.807) is 0 Å². The van der Waals surface area contributed by atoms with Crippen molar-refractivity contribution < 1.29 is 4.79 Å². The van der Waals surface area contributed by atoms with E-state index in [0.717, 1.165) is 19.3 Å². The van der Waals surface area contributed by atoms with Gasteiger partial charge in [-0.25, -0.2) is 0 Å². The lowest BCUT2D eigenvalue weighted by atomic mass is 9.85. The van der Waals surface area contributed by atoms with Crippen molar-refractivity contribution in [3.63, 3.8) is 0 Å². The third-order valence-corrected chi connectivity index (χ3v) is 5.18. The normalized spacial score (nSPS) is 29.0. The molecular weight excluding hydrogens is 260 g/mol. The van der Waals surface area contributed by atoms with Crippen LogP contribution in [0, 0.1) is 5.92 Å². The van der Waals surface area contributed by atoms with Gasteiger partial charge in [-0.2, -0.15) is 0 Å². The molecule has 0 aromatic heterocycles. The predicted octanol–water partition coefficient (Wildman–Crippen LogP) is 2.91. The van der Waals surface area contributed by atoms with Gasteiger partial charge in [0.2, 0.25) is 5.91 Å². The maximum Gasteiger partial charge on any atom is 0.240 e. The van der Waals surface area contributed by atoms with E-state index in [0.29, 0.717) is 12.0 Å². The first-order valence-corrected chi connectivity index (χ1v) is 8.20. The number of piperidine rings is 1. The van der Waals surface area contributed by atoms with Gasteiger partial charge < -0.3 is 10.2 Å². The molecule has 1 fully saturated rings. The summed E-state index contributed by atoms with van der Waals surface area (Å²) in [7, 11) is 1.90. The molecule has 1 aromatic rings. The van der Waals surface area contributed by atoms with Crippen molar-refractivity contribution in [2.45, 2.75) is 57.7 Å². The van der Waals surface area contributed by atoms with Crippen LogP contribution in [0.1, 0.15) is 50.3 Å². The Hall–Kier alpha value is -1.35. The van der Waals surface area contributed by atoms with E-state index < -0.39 is 0 Å². The topological polar surface area (TPSA) is 32.3 Å². The van der Waals surface area contributed by atoms with Crippen LogP contribution in [0.15, 0.2) is 24.3 Å². The Labute approximate surface area is 127 Å². The van der Waals surface area contributed by atoms with Crippen LogP contribution in [0.4, 0.5) is 0 Å².